The number of carbonyl (C=O) groups excluding carboxylic acids is 1. The van der Waals surface area contributed by atoms with Crippen LogP contribution in [0.1, 0.15) is 33.5 Å². The third-order valence-corrected chi connectivity index (χ3v) is 3.95. The molecule has 0 saturated carbocycles. The third kappa shape index (κ3) is 3.46. The van der Waals surface area contributed by atoms with Crippen molar-refractivity contribution in [3.05, 3.63) is 21.4 Å². The number of rotatable bonds is 5. The summed E-state index contributed by atoms with van der Waals surface area (Å²) in [6.07, 6.45) is 0.374. The van der Waals surface area contributed by atoms with Gasteiger partial charge >= 0.3 is 0 Å². The Morgan fingerprint density at radius 1 is 1.56 bits per heavy atom. The molecule has 0 aliphatic heterocycles. The van der Waals surface area contributed by atoms with Crippen molar-refractivity contribution >= 4 is 23.1 Å². The molecule has 18 heavy (non-hydrogen) atoms. The molecule has 100 valence electrons. The summed E-state index contributed by atoms with van der Waals surface area (Å²) in [6.45, 7) is 6.98. The molecule has 5 nitrogen and oxygen atoms in total. The van der Waals surface area contributed by atoms with E-state index in [0.29, 0.717) is 19.5 Å². The van der Waals surface area contributed by atoms with Gasteiger partial charge in [0.05, 0.1) is 4.88 Å². The Hall–Kier alpha value is -1.56. The second-order valence-corrected chi connectivity index (χ2v) is 5.33. The summed E-state index contributed by atoms with van der Waals surface area (Å²) in [4.78, 5) is 15.8. The molecule has 1 heterocycles. The Kier molecular flexibility index (Phi) is 5.15. The van der Waals surface area contributed by atoms with Crippen LogP contribution in [0.3, 0.4) is 0 Å². The van der Waals surface area contributed by atoms with Gasteiger partial charge in [-0.05, 0) is 32.4 Å². The van der Waals surface area contributed by atoms with Gasteiger partial charge in [0.2, 0.25) is 0 Å². The maximum atomic E-state index is 12.2. The third-order valence-electron chi connectivity index (χ3n) is 2.81. The Morgan fingerprint density at radius 2 is 2.22 bits per heavy atom. The predicted octanol–water partition coefficient (Wildman–Crippen LogP) is 1.96. The maximum Gasteiger partial charge on any atom is 0.263 e. The highest BCUT2D eigenvalue weighted by molar-refractivity contribution is 7.14. The number of amides is 1. The zero-order valence-corrected chi connectivity index (χ0v) is 11.8. The highest BCUT2D eigenvalue weighted by Gasteiger charge is 2.17. The average Bonchev–Trinajstić information content (AvgIpc) is 2.69. The molecular weight excluding hydrogens is 250 g/mol. The normalized spacial score (nSPS) is 11.6. The van der Waals surface area contributed by atoms with Gasteiger partial charge in [-0.1, -0.05) is 5.16 Å². The first-order valence-corrected chi connectivity index (χ1v) is 6.64. The number of oxime groups is 1. The average molecular weight is 269 g/mol. The summed E-state index contributed by atoms with van der Waals surface area (Å²) in [5, 5.41) is 11.4. The predicted molar refractivity (Wildman–Crippen MR) is 73.4 cm³/mol. The summed E-state index contributed by atoms with van der Waals surface area (Å²) in [6, 6.07) is 1.91. The Balaban J connectivity index is 2.73. The van der Waals surface area contributed by atoms with Crippen molar-refractivity contribution in [3.8, 4) is 0 Å². The largest absolute Gasteiger partial charge is 0.409 e. The lowest BCUT2D eigenvalue weighted by Crippen LogP contribution is -2.33. The summed E-state index contributed by atoms with van der Waals surface area (Å²) < 4.78 is 0. The van der Waals surface area contributed by atoms with Crippen LogP contribution in [0, 0.1) is 13.8 Å². The minimum absolute atomic E-state index is 0.00411. The zero-order chi connectivity index (χ0) is 13.7. The highest BCUT2D eigenvalue weighted by atomic mass is 32.1. The van der Waals surface area contributed by atoms with E-state index in [-0.39, 0.29) is 11.7 Å². The smallest absolute Gasteiger partial charge is 0.263 e. The van der Waals surface area contributed by atoms with E-state index in [9.17, 15) is 4.79 Å². The molecule has 1 amide bonds. The number of nitrogens with zero attached hydrogens (tertiary/aromatic N) is 2. The molecule has 1 rings (SSSR count). The van der Waals surface area contributed by atoms with Crippen LogP contribution < -0.4 is 5.73 Å². The SMILES string of the molecule is CCN(CCC(N)=NO)C(=O)c1cc(C)c(C)s1. The van der Waals surface area contributed by atoms with Crippen LogP contribution in [0.25, 0.3) is 0 Å². The van der Waals surface area contributed by atoms with Gasteiger partial charge in [0.1, 0.15) is 5.84 Å². The molecule has 0 aromatic carbocycles. The van der Waals surface area contributed by atoms with Gasteiger partial charge in [-0.25, -0.2) is 0 Å². The fourth-order valence-corrected chi connectivity index (χ4v) is 2.54. The van der Waals surface area contributed by atoms with Gasteiger partial charge in [0.15, 0.2) is 0 Å². The van der Waals surface area contributed by atoms with Crippen LogP contribution in [-0.4, -0.2) is 34.9 Å². The number of hydrogen-bond donors (Lipinski definition) is 2. The summed E-state index contributed by atoms with van der Waals surface area (Å²) in [5.74, 6) is 0.143. The lowest BCUT2D eigenvalue weighted by Gasteiger charge is -2.19. The standard InChI is InChI=1S/C12H19N3O2S/c1-4-15(6-5-11(13)14-17)12(16)10-7-8(2)9(3)18-10/h7,17H,4-6H2,1-3H3,(H2,13,14). The van der Waals surface area contributed by atoms with E-state index in [0.717, 1.165) is 15.3 Å². The number of carbonyl (C=O) groups is 1. The fraction of sp³-hybridized carbons (Fsp3) is 0.500. The van der Waals surface area contributed by atoms with Crippen molar-refractivity contribution in [1.29, 1.82) is 0 Å². The number of amidine groups is 1. The van der Waals surface area contributed by atoms with Crippen LogP contribution in [0.15, 0.2) is 11.2 Å². The minimum atomic E-state index is 0.00411. The van der Waals surface area contributed by atoms with E-state index >= 15 is 0 Å². The van der Waals surface area contributed by atoms with Crippen molar-refractivity contribution in [2.75, 3.05) is 13.1 Å². The van der Waals surface area contributed by atoms with Crippen LogP contribution >= 0.6 is 11.3 Å². The van der Waals surface area contributed by atoms with Crippen molar-refractivity contribution in [2.24, 2.45) is 10.9 Å². The molecule has 0 atom stereocenters. The van der Waals surface area contributed by atoms with Crippen molar-refractivity contribution < 1.29 is 10.0 Å². The molecule has 0 aliphatic rings. The van der Waals surface area contributed by atoms with Gasteiger partial charge in [-0.3, -0.25) is 4.79 Å². The minimum Gasteiger partial charge on any atom is -0.409 e. The number of aryl methyl sites for hydroxylation is 2. The van der Waals surface area contributed by atoms with E-state index in [1.165, 1.54) is 11.3 Å². The molecule has 0 unspecified atom stereocenters. The first-order chi connectivity index (χ1) is 8.49. The van der Waals surface area contributed by atoms with Crippen molar-refractivity contribution in [1.82, 2.24) is 4.90 Å². The van der Waals surface area contributed by atoms with Gasteiger partial charge in [0.25, 0.3) is 5.91 Å². The van der Waals surface area contributed by atoms with E-state index < -0.39 is 0 Å². The second kappa shape index (κ2) is 6.39. The first-order valence-electron chi connectivity index (χ1n) is 5.82. The van der Waals surface area contributed by atoms with Crippen LogP contribution in [-0.2, 0) is 0 Å². The van der Waals surface area contributed by atoms with Crippen molar-refractivity contribution in [3.63, 3.8) is 0 Å². The molecule has 0 aliphatic carbocycles. The molecule has 0 fully saturated rings. The molecular formula is C12H19N3O2S. The quantitative estimate of drug-likeness (QED) is 0.371. The summed E-state index contributed by atoms with van der Waals surface area (Å²) >= 11 is 1.50. The van der Waals surface area contributed by atoms with Crippen molar-refractivity contribution in [2.45, 2.75) is 27.2 Å². The molecule has 6 heteroatoms. The number of hydrogen-bond acceptors (Lipinski definition) is 4. The van der Waals surface area contributed by atoms with Gasteiger partial charge in [0, 0.05) is 24.4 Å². The zero-order valence-electron chi connectivity index (χ0n) is 10.9. The van der Waals surface area contributed by atoms with Gasteiger partial charge < -0.3 is 15.8 Å². The van der Waals surface area contributed by atoms with E-state index in [2.05, 4.69) is 5.16 Å². The molecule has 0 saturated heterocycles. The summed E-state index contributed by atoms with van der Waals surface area (Å²) in [5.41, 5.74) is 6.54. The molecule has 1 aromatic rings. The van der Waals surface area contributed by atoms with Gasteiger partial charge in [-0.15, -0.1) is 11.3 Å². The molecule has 1 aromatic heterocycles. The van der Waals surface area contributed by atoms with Crippen LogP contribution in [0.4, 0.5) is 0 Å². The number of nitrogens with two attached hydrogens (primary N) is 1. The highest BCUT2D eigenvalue weighted by Crippen LogP contribution is 2.22. The molecule has 0 radical (unpaired) electrons. The molecule has 0 spiro atoms. The van der Waals surface area contributed by atoms with Gasteiger partial charge in [-0.2, -0.15) is 0 Å². The van der Waals surface area contributed by atoms with E-state index in [1.807, 2.05) is 26.8 Å². The van der Waals surface area contributed by atoms with Crippen LogP contribution in [0.5, 0.6) is 0 Å². The Morgan fingerprint density at radius 3 is 2.67 bits per heavy atom. The van der Waals surface area contributed by atoms with Crippen LogP contribution in [0.2, 0.25) is 0 Å². The monoisotopic (exact) mass is 269 g/mol. The molecule has 3 N–H and O–H groups in total. The second-order valence-electron chi connectivity index (χ2n) is 4.08. The summed E-state index contributed by atoms with van der Waals surface area (Å²) in [7, 11) is 0. The number of thiophene rings is 1. The van der Waals surface area contributed by atoms with E-state index in [1.54, 1.807) is 4.90 Å². The fourth-order valence-electron chi connectivity index (χ4n) is 1.54. The Bertz CT molecular complexity index is 435. The topological polar surface area (TPSA) is 78.9 Å². The maximum absolute atomic E-state index is 12.2. The molecule has 0 bridgehead atoms. The lowest BCUT2D eigenvalue weighted by molar-refractivity contribution is 0.0773. The van der Waals surface area contributed by atoms with E-state index in [4.69, 9.17) is 10.9 Å². The Labute approximate surface area is 111 Å². The lowest BCUT2D eigenvalue weighted by atomic mass is 10.2. The first kappa shape index (κ1) is 14.5.